The van der Waals surface area contributed by atoms with Crippen LogP contribution in [0.2, 0.25) is 0 Å². The molecule has 0 fully saturated rings. The number of hydrogen-bond acceptors (Lipinski definition) is 3. The van der Waals surface area contributed by atoms with E-state index in [-0.39, 0.29) is 11.8 Å². The second kappa shape index (κ2) is 7.21. The van der Waals surface area contributed by atoms with Crippen molar-refractivity contribution in [2.75, 3.05) is 19.0 Å². The van der Waals surface area contributed by atoms with E-state index in [1.807, 2.05) is 26.0 Å². The van der Waals surface area contributed by atoms with E-state index in [9.17, 15) is 4.79 Å². The maximum atomic E-state index is 11.9. The smallest absolute Gasteiger partial charge is 0.224 e. The molecular formula is C14H20N2O2S. The Morgan fingerprint density at radius 2 is 2.21 bits per heavy atom. The van der Waals surface area contributed by atoms with Crippen LogP contribution in [-0.2, 0) is 9.53 Å². The topological polar surface area (TPSA) is 64.3 Å². The Bertz CT molecular complexity index is 475. The third-order valence-corrected chi connectivity index (χ3v) is 3.02. The lowest BCUT2D eigenvalue weighted by Crippen LogP contribution is -2.18. The Kier molecular flexibility index (Phi) is 5.92. The summed E-state index contributed by atoms with van der Waals surface area (Å²) >= 11 is 4.93. The molecule has 104 valence electrons. The molecule has 3 N–H and O–H groups in total. The third-order valence-electron chi connectivity index (χ3n) is 2.78. The average molecular weight is 280 g/mol. The van der Waals surface area contributed by atoms with E-state index in [1.54, 1.807) is 13.2 Å². The SMILES string of the molecule is COCC(C)CC(=O)Nc1cc(C(N)=S)ccc1C. The predicted molar refractivity (Wildman–Crippen MR) is 81.4 cm³/mol. The van der Waals surface area contributed by atoms with Gasteiger partial charge >= 0.3 is 0 Å². The molecule has 0 radical (unpaired) electrons. The van der Waals surface area contributed by atoms with Gasteiger partial charge in [-0.2, -0.15) is 0 Å². The van der Waals surface area contributed by atoms with Gasteiger partial charge < -0.3 is 15.8 Å². The van der Waals surface area contributed by atoms with Crippen molar-refractivity contribution >= 4 is 28.8 Å². The molecule has 19 heavy (non-hydrogen) atoms. The molecule has 0 saturated carbocycles. The van der Waals surface area contributed by atoms with Crippen molar-refractivity contribution in [1.82, 2.24) is 0 Å². The monoisotopic (exact) mass is 280 g/mol. The summed E-state index contributed by atoms with van der Waals surface area (Å²) in [5, 5.41) is 2.89. The molecule has 0 heterocycles. The highest BCUT2D eigenvalue weighted by atomic mass is 32.1. The summed E-state index contributed by atoms with van der Waals surface area (Å²) < 4.78 is 5.02. The minimum Gasteiger partial charge on any atom is -0.389 e. The number of nitrogens with two attached hydrogens (primary N) is 1. The molecule has 0 aliphatic rings. The number of anilines is 1. The van der Waals surface area contributed by atoms with Crippen LogP contribution in [0.3, 0.4) is 0 Å². The quantitative estimate of drug-likeness (QED) is 0.784. The molecule has 1 amide bonds. The van der Waals surface area contributed by atoms with Gasteiger partial charge in [0.15, 0.2) is 0 Å². The molecule has 0 spiro atoms. The molecule has 1 aromatic rings. The maximum absolute atomic E-state index is 11.9. The number of thiocarbonyl (C=S) groups is 1. The Morgan fingerprint density at radius 1 is 1.53 bits per heavy atom. The van der Waals surface area contributed by atoms with E-state index < -0.39 is 0 Å². The van der Waals surface area contributed by atoms with Gasteiger partial charge in [0.25, 0.3) is 0 Å². The van der Waals surface area contributed by atoms with Crippen LogP contribution >= 0.6 is 12.2 Å². The van der Waals surface area contributed by atoms with Crippen LogP contribution in [0.1, 0.15) is 24.5 Å². The van der Waals surface area contributed by atoms with E-state index >= 15 is 0 Å². The largest absolute Gasteiger partial charge is 0.389 e. The summed E-state index contributed by atoms with van der Waals surface area (Å²) in [6, 6.07) is 5.54. The first-order valence-corrected chi connectivity index (χ1v) is 6.54. The van der Waals surface area contributed by atoms with Crippen LogP contribution in [0.5, 0.6) is 0 Å². The Hall–Kier alpha value is -1.46. The Balaban J connectivity index is 2.73. The highest BCUT2D eigenvalue weighted by Crippen LogP contribution is 2.18. The normalized spacial score (nSPS) is 11.9. The van der Waals surface area contributed by atoms with Gasteiger partial charge in [-0.3, -0.25) is 4.79 Å². The van der Waals surface area contributed by atoms with Crippen molar-refractivity contribution in [3.63, 3.8) is 0 Å². The van der Waals surface area contributed by atoms with Crippen molar-refractivity contribution in [1.29, 1.82) is 0 Å². The third kappa shape index (κ3) is 4.96. The van der Waals surface area contributed by atoms with Crippen molar-refractivity contribution in [3.05, 3.63) is 29.3 Å². The molecule has 1 atom stereocenters. The zero-order valence-electron chi connectivity index (χ0n) is 11.5. The Morgan fingerprint density at radius 3 is 2.79 bits per heavy atom. The second-order valence-electron chi connectivity index (χ2n) is 4.71. The number of benzene rings is 1. The highest BCUT2D eigenvalue weighted by molar-refractivity contribution is 7.80. The van der Waals surface area contributed by atoms with Gasteiger partial charge in [0, 0.05) is 31.4 Å². The molecule has 0 aliphatic heterocycles. The zero-order chi connectivity index (χ0) is 14.4. The molecular weight excluding hydrogens is 260 g/mol. The minimum atomic E-state index is -0.0345. The summed E-state index contributed by atoms with van der Waals surface area (Å²) in [4.78, 5) is 12.2. The van der Waals surface area contributed by atoms with Crippen molar-refractivity contribution in [2.45, 2.75) is 20.3 Å². The summed E-state index contributed by atoms with van der Waals surface area (Å²) in [6.45, 7) is 4.47. The molecule has 0 aromatic heterocycles. The summed E-state index contributed by atoms with van der Waals surface area (Å²) in [6.07, 6.45) is 0.421. The second-order valence-corrected chi connectivity index (χ2v) is 5.15. The van der Waals surface area contributed by atoms with Gasteiger partial charge in [-0.25, -0.2) is 0 Å². The number of carbonyl (C=O) groups is 1. The molecule has 5 heteroatoms. The average Bonchev–Trinajstić information content (AvgIpc) is 2.31. The number of methoxy groups -OCH3 is 1. The van der Waals surface area contributed by atoms with Crippen LogP contribution in [0.25, 0.3) is 0 Å². The van der Waals surface area contributed by atoms with E-state index in [0.29, 0.717) is 18.0 Å². The highest BCUT2D eigenvalue weighted by Gasteiger charge is 2.11. The number of amides is 1. The summed E-state index contributed by atoms with van der Waals surface area (Å²) in [7, 11) is 1.63. The molecule has 0 aliphatic carbocycles. The number of carbonyl (C=O) groups excluding carboxylic acids is 1. The van der Waals surface area contributed by atoms with E-state index in [1.165, 1.54) is 0 Å². The molecule has 1 aromatic carbocycles. The molecule has 0 saturated heterocycles. The van der Waals surface area contributed by atoms with E-state index in [0.717, 1.165) is 16.8 Å². The number of aryl methyl sites for hydroxylation is 1. The van der Waals surface area contributed by atoms with Crippen LogP contribution < -0.4 is 11.1 Å². The number of rotatable bonds is 6. The lowest BCUT2D eigenvalue weighted by Gasteiger charge is -2.13. The molecule has 1 unspecified atom stereocenters. The fraction of sp³-hybridized carbons (Fsp3) is 0.429. The fourth-order valence-electron chi connectivity index (χ4n) is 1.77. The van der Waals surface area contributed by atoms with Gasteiger partial charge in [-0.15, -0.1) is 0 Å². The summed E-state index contributed by atoms with van der Waals surface area (Å²) in [5.41, 5.74) is 8.07. The standard InChI is InChI=1S/C14H20N2O2S/c1-9(8-18-3)6-13(17)16-12-7-11(14(15)19)5-4-10(12)2/h4-5,7,9H,6,8H2,1-3H3,(H2,15,19)(H,16,17). The van der Waals surface area contributed by atoms with Crippen LogP contribution in [0.15, 0.2) is 18.2 Å². The lowest BCUT2D eigenvalue weighted by atomic mass is 10.1. The molecule has 4 nitrogen and oxygen atoms in total. The maximum Gasteiger partial charge on any atom is 0.224 e. The van der Waals surface area contributed by atoms with Gasteiger partial charge in [0.2, 0.25) is 5.91 Å². The van der Waals surface area contributed by atoms with Crippen molar-refractivity contribution < 1.29 is 9.53 Å². The van der Waals surface area contributed by atoms with E-state index in [4.69, 9.17) is 22.7 Å². The summed E-state index contributed by atoms with van der Waals surface area (Å²) in [5.74, 6) is 0.150. The zero-order valence-corrected chi connectivity index (χ0v) is 12.3. The van der Waals surface area contributed by atoms with Crippen LogP contribution in [0.4, 0.5) is 5.69 Å². The van der Waals surface area contributed by atoms with Gasteiger partial charge in [-0.1, -0.05) is 31.3 Å². The van der Waals surface area contributed by atoms with Gasteiger partial charge in [0.1, 0.15) is 4.99 Å². The van der Waals surface area contributed by atoms with Crippen molar-refractivity contribution in [2.24, 2.45) is 11.7 Å². The first-order valence-electron chi connectivity index (χ1n) is 6.13. The predicted octanol–water partition coefficient (Wildman–Crippen LogP) is 2.24. The van der Waals surface area contributed by atoms with Crippen molar-refractivity contribution in [3.8, 4) is 0 Å². The minimum absolute atomic E-state index is 0.0345. The first-order chi connectivity index (χ1) is 8.93. The van der Waals surface area contributed by atoms with Crippen LogP contribution in [0, 0.1) is 12.8 Å². The number of ether oxygens (including phenoxy) is 1. The lowest BCUT2D eigenvalue weighted by molar-refractivity contribution is -0.117. The van der Waals surface area contributed by atoms with E-state index in [2.05, 4.69) is 5.32 Å². The molecule has 0 bridgehead atoms. The number of hydrogen-bond donors (Lipinski definition) is 2. The number of nitrogens with one attached hydrogen (secondary N) is 1. The van der Waals surface area contributed by atoms with Crippen LogP contribution in [-0.4, -0.2) is 24.6 Å². The first kappa shape index (κ1) is 15.6. The molecule has 1 rings (SSSR count). The van der Waals surface area contributed by atoms with Gasteiger partial charge in [-0.05, 0) is 24.5 Å². The Labute approximate surface area is 119 Å². The fourth-order valence-corrected chi connectivity index (χ4v) is 1.90. The van der Waals surface area contributed by atoms with Gasteiger partial charge in [0.05, 0.1) is 0 Å².